The molecule has 0 aliphatic heterocycles. The molecular formula is C20H27NO4. The van der Waals surface area contributed by atoms with Crippen LogP contribution in [0.1, 0.15) is 56.3 Å². The molecule has 5 heteroatoms. The van der Waals surface area contributed by atoms with Crippen molar-refractivity contribution in [2.24, 2.45) is 0 Å². The number of Topliss-reactive ketones (excluding diaryl/α,β-unsaturated/α-hetero) is 1. The molecule has 0 aromatic heterocycles. The van der Waals surface area contributed by atoms with Gasteiger partial charge in [0.05, 0.1) is 7.11 Å². The van der Waals surface area contributed by atoms with Crippen LogP contribution in [0.15, 0.2) is 29.8 Å². The molecule has 136 valence electrons. The molecule has 2 rings (SSSR count). The van der Waals surface area contributed by atoms with Crippen LogP contribution in [0.5, 0.6) is 11.5 Å². The monoisotopic (exact) mass is 345 g/mol. The topological polar surface area (TPSA) is 64.6 Å². The van der Waals surface area contributed by atoms with E-state index in [1.807, 2.05) is 0 Å². The van der Waals surface area contributed by atoms with Crippen LogP contribution in [-0.4, -0.2) is 31.4 Å². The third-order valence-electron chi connectivity index (χ3n) is 4.37. The number of carbonyl (C=O) groups is 2. The summed E-state index contributed by atoms with van der Waals surface area (Å²) in [5, 5.41) is 2.92. The van der Waals surface area contributed by atoms with Crippen molar-refractivity contribution < 1.29 is 19.1 Å². The molecule has 1 amide bonds. The van der Waals surface area contributed by atoms with Crippen molar-refractivity contribution in [2.75, 3.05) is 13.7 Å². The minimum absolute atomic E-state index is 0.0485. The van der Waals surface area contributed by atoms with Crippen molar-refractivity contribution in [3.05, 3.63) is 35.4 Å². The smallest absolute Gasteiger partial charge is 0.260 e. The average Bonchev–Trinajstić information content (AvgIpc) is 2.62. The van der Waals surface area contributed by atoms with E-state index in [-0.39, 0.29) is 11.7 Å². The Morgan fingerprint density at radius 2 is 2.04 bits per heavy atom. The first-order valence-electron chi connectivity index (χ1n) is 8.82. The first kappa shape index (κ1) is 19.0. The van der Waals surface area contributed by atoms with Gasteiger partial charge in [-0.1, -0.05) is 11.6 Å². The molecule has 1 aliphatic rings. The molecule has 1 aromatic rings. The van der Waals surface area contributed by atoms with Crippen molar-refractivity contribution in [3.63, 3.8) is 0 Å². The first-order valence-corrected chi connectivity index (χ1v) is 8.82. The number of allylic oxidation sites excluding steroid dienone is 1. The molecule has 1 atom stereocenters. The fraction of sp³-hybridized carbons (Fsp3) is 0.500. The van der Waals surface area contributed by atoms with Crippen LogP contribution >= 0.6 is 0 Å². The van der Waals surface area contributed by atoms with Crippen molar-refractivity contribution in [3.8, 4) is 11.5 Å². The zero-order valence-electron chi connectivity index (χ0n) is 15.3. The number of hydrogen-bond donors (Lipinski definition) is 1. The van der Waals surface area contributed by atoms with Gasteiger partial charge in [-0.3, -0.25) is 9.59 Å². The molecule has 0 saturated carbocycles. The third kappa shape index (κ3) is 5.62. The lowest BCUT2D eigenvalue weighted by molar-refractivity contribution is -0.127. The quantitative estimate of drug-likeness (QED) is 0.577. The van der Waals surface area contributed by atoms with Crippen LogP contribution in [0.25, 0.3) is 0 Å². The second kappa shape index (κ2) is 9.25. The minimum Gasteiger partial charge on any atom is -0.493 e. The summed E-state index contributed by atoms with van der Waals surface area (Å²) in [5.74, 6) is 0.687. The number of nitrogens with one attached hydrogen (secondary N) is 1. The van der Waals surface area contributed by atoms with Crippen LogP contribution in [0.4, 0.5) is 0 Å². The summed E-state index contributed by atoms with van der Waals surface area (Å²) in [6.07, 6.45) is 7.35. The van der Waals surface area contributed by atoms with E-state index in [4.69, 9.17) is 9.47 Å². The summed E-state index contributed by atoms with van der Waals surface area (Å²) in [6, 6.07) is 4.95. The Bertz CT molecular complexity index is 651. The number of methoxy groups -OCH3 is 1. The average molecular weight is 345 g/mol. The Labute approximate surface area is 149 Å². The number of rotatable bonds is 8. The minimum atomic E-state index is -0.641. The lowest BCUT2D eigenvalue weighted by Gasteiger charge is -2.18. The number of hydrogen-bond acceptors (Lipinski definition) is 4. The van der Waals surface area contributed by atoms with E-state index in [9.17, 15) is 9.59 Å². The Balaban J connectivity index is 1.87. The number of carbonyl (C=O) groups excluding carboxylic acids is 2. The van der Waals surface area contributed by atoms with Crippen LogP contribution in [0.3, 0.4) is 0 Å². The Morgan fingerprint density at radius 1 is 1.24 bits per heavy atom. The Morgan fingerprint density at radius 3 is 2.68 bits per heavy atom. The molecule has 1 N–H and O–H groups in total. The predicted molar refractivity (Wildman–Crippen MR) is 97.3 cm³/mol. The normalized spacial score (nSPS) is 15.1. The second-order valence-corrected chi connectivity index (χ2v) is 6.33. The number of amides is 1. The molecule has 1 aromatic carbocycles. The van der Waals surface area contributed by atoms with Crippen LogP contribution < -0.4 is 14.8 Å². The van der Waals surface area contributed by atoms with Gasteiger partial charge in [-0.05, 0) is 64.2 Å². The van der Waals surface area contributed by atoms with E-state index < -0.39 is 6.10 Å². The van der Waals surface area contributed by atoms with E-state index in [1.165, 1.54) is 32.4 Å². The van der Waals surface area contributed by atoms with Gasteiger partial charge in [-0.25, -0.2) is 0 Å². The van der Waals surface area contributed by atoms with Gasteiger partial charge >= 0.3 is 0 Å². The highest BCUT2D eigenvalue weighted by atomic mass is 16.5. The number of ether oxygens (including phenoxy) is 2. The van der Waals surface area contributed by atoms with Gasteiger partial charge in [0, 0.05) is 12.1 Å². The fourth-order valence-corrected chi connectivity index (χ4v) is 2.85. The highest BCUT2D eigenvalue weighted by Gasteiger charge is 2.17. The molecule has 0 unspecified atom stereocenters. The van der Waals surface area contributed by atoms with Gasteiger partial charge in [-0.15, -0.1) is 0 Å². The zero-order valence-corrected chi connectivity index (χ0v) is 15.3. The summed E-state index contributed by atoms with van der Waals surface area (Å²) < 4.78 is 11.0. The van der Waals surface area contributed by atoms with Gasteiger partial charge in [0.2, 0.25) is 0 Å². The van der Waals surface area contributed by atoms with Crippen LogP contribution in [0.2, 0.25) is 0 Å². The van der Waals surface area contributed by atoms with Gasteiger partial charge in [0.25, 0.3) is 5.91 Å². The molecule has 0 spiro atoms. The molecule has 0 bridgehead atoms. The molecule has 0 heterocycles. The molecule has 0 radical (unpaired) electrons. The fourth-order valence-electron chi connectivity index (χ4n) is 2.85. The third-order valence-corrected chi connectivity index (χ3v) is 4.37. The SMILES string of the molecule is COc1cc(C(C)=O)ccc1O[C@@H](C)C(=O)NCCC1=CCCCC1. The maximum absolute atomic E-state index is 12.2. The molecular weight excluding hydrogens is 318 g/mol. The molecule has 25 heavy (non-hydrogen) atoms. The first-order chi connectivity index (χ1) is 12.0. The zero-order chi connectivity index (χ0) is 18.2. The highest BCUT2D eigenvalue weighted by Crippen LogP contribution is 2.29. The van der Waals surface area contributed by atoms with E-state index >= 15 is 0 Å². The number of benzene rings is 1. The maximum atomic E-state index is 12.2. The van der Waals surface area contributed by atoms with Crippen molar-refractivity contribution in [2.45, 2.75) is 52.1 Å². The van der Waals surface area contributed by atoms with Crippen LogP contribution in [-0.2, 0) is 4.79 Å². The molecule has 1 aliphatic carbocycles. The summed E-state index contributed by atoms with van der Waals surface area (Å²) >= 11 is 0. The van der Waals surface area contributed by atoms with Gasteiger partial charge in [-0.2, -0.15) is 0 Å². The van der Waals surface area contributed by atoms with E-state index in [0.29, 0.717) is 23.6 Å². The van der Waals surface area contributed by atoms with Gasteiger partial charge < -0.3 is 14.8 Å². The second-order valence-electron chi connectivity index (χ2n) is 6.33. The molecule has 0 fully saturated rings. The maximum Gasteiger partial charge on any atom is 0.260 e. The largest absolute Gasteiger partial charge is 0.493 e. The summed E-state index contributed by atoms with van der Waals surface area (Å²) in [4.78, 5) is 23.7. The summed E-state index contributed by atoms with van der Waals surface area (Å²) in [6.45, 7) is 3.82. The van der Waals surface area contributed by atoms with Crippen molar-refractivity contribution in [1.29, 1.82) is 0 Å². The van der Waals surface area contributed by atoms with Gasteiger partial charge in [0.1, 0.15) is 0 Å². The lowest BCUT2D eigenvalue weighted by Crippen LogP contribution is -2.37. The van der Waals surface area contributed by atoms with Crippen molar-refractivity contribution >= 4 is 11.7 Å². The van der Waals surface area contributed by atoms with Gasteiger partial charge in [0.15, 0.2) is 23.4 Å². The Hall–Kier alpha value is -2.30. The van der Waals surface area contributed by atoms with Crippen LogP contribution in [0, 0.1) is 0 Å². The molecule has 0 saturated heterocycles. The van der Waals surface area contributed by atoms with Crippen molar-refractivity contribution in [1.82, 2.24) is 5.32 Å². The van der Waals surface area contributed by atoms with E-state index in [0.717, 1.165) is 19.3 Å². The number of ketones is 1. The standard InChI is InChI=1S/C20H27NO4/c1-14(22)17-9-10-18(19(13-17)24-3)25-15(2)20(23)21-12-11-16-7-5-4-6-8-16/h7,9-10,13,15H,4-6,8,11-12H2,1-3H3,(H,21,23)/t15-/m0/s1. The molecule has 5 nitrogen and oxygen atoms in total. The predicted octanol–water partition coefficient (Wildman–Crippen LogP) is 3.67. The van der Waals surface area contributed by atoms with E-state index in [2.05, 4.69) is 11.4 Å². The van der Waals surface area contributed by atoms with E-state index in [1.54, 1.807) is 25.1 Å². The summed E-state index contributed by atoms with van der Waals surface area (Å²) in [5.41, 5.74) is 1.98. The Kier molecular flexibility index (Phi) is 7.04. The highest BCUT2D eigenvalue weighted by molar-refractivity contribution is 5.94. The summed E-state index contributed by atoms with van der Waals surface area (Å²) in [7, 11) is 1.51. The lowest BCUT2D eigenvalue weighted by atomic mass is 9.97.